The van der Waals surface area contributed by atoms with Crippen molar-refractivity contribution < 1.29 is 28.6 Å². The second-order valence-corrected chi connectivity index (χ2v) is 9.19. The SMILES string of the molecule is O=C1CN(CCCOc2ccc(CN3CCCC(O)(COc4ccccc4F)CC3)cc2)C(=O)N1. The molecule has 1 atom stereocenters. The minimum absolute atomic E-state index is 0.0759. The number of halogens is 1. The predicted octanol–water partition coefficient (Wildman–Crippen LogP) is 2.94. The number of urea groups is 1. The summed E-state index contributed by atoms with van der Waals surface area (Å²) in [6.07, 6.45) is 2.64. The van der Waals surface area contributed by atoms with Crippen molar-refractivity contribution in [2.24, 2.45) is 0 Å². The quantitative estimate of drug-likeness (QED) is 0.397. The van der Waals surface area contributed by atoms with Crippen molar-refractivity contribution >= 4 is 11.9 Å². The number of carbonyl (C=O) groups excluding carboxylic acids is 2. The van der Waals surface area contributed by atoms with Gasteiger partial charge in [0.25, 0.3) is 0 Å². The third-order valence-electron chi connectivity index (χ3n) is 6.38. The number of amides is 3. The van der Waals surface area contributed by atoms with Crippen molar-refractivity contribution in [3.8, 4) is 11.5 Å². The van der Waals surface area contributed by atoms with Crippen LogP contribution in [0.3, 0.4) is 0 Å². The fourth-order valence-corrected chi connectivity index (χ4v) is 4.37. The van der Waals surface area contributed by atoms with Gasteiger partial charge in [-0.3, -0.25) is 15.0 Å². The summed E-state index contributed by atoms with van der Waals surface area (Å²) in [6.45, 7) is 3.48. The molecule has 1 unspecified atom stereocenters. The van der Waals surface area contributed by atoms with E-state index in [4.69, 9.17) is 9.47 Å². The minimum atomic E-state index is -0.974. The molecule has 2 aromatic carbocycles. The number of hydrogen-bond donors (Lipinski definition) is 2. The van der Waals surface area contributed by atoms with Crippen LogP contribution >= 0.6 is 0 Å². The predicted molar refractivity (Wildman–Crippen MR) is 128 cm³/mol. The molecule has 2 N–H and O–H groups in total. The summed E-state index contributed by atoms with van der Waals surface area (Å²) in [4.78, 5) is 26.5. The number of rotatable bonds is 10. The third kappa shape index (κ3) is 7.16. The average molecular weight is 486 g/mol. The summed E-state index contributed by atoms with van der Waals surface area (Å²) >= 11 is 0. The monoisotopic (exact) mass is 485 g/mol. The number of nitrogens with one attached hydrogen (secondary N) is 1. The van der Waals surface area contributed by atoms with Gasteiger partial charge in [0, 0.05) is 19.6 Å². The first-order valence-corrected chi connectivity index (χ1v) is 12.0. The normalized spacial score (nSPS) is 21.0. The Hall–Kier alpha value is -3.17. The van der Waals surface area contributed by atoms with Gasteiger partial charge in [-0.05, 0) is 62.1 Å². The highest BCUT2D eigenvalue weighted by Gasteiger charge is 2.31. The van der Waals surface area contributed by atoms with Crippen molar-refractivity contribution in [3.05, 3.63) is 59.9 Å². The van der Waals surface area contributed by atoms with Gasteiger partial charge in [-0.15, -0.1) is 0 Å². The molecule has 9 heteroatoms. The zero-order valence-electron chi connectivity index (χ0n) is 19.7. The number of likely N-dealkylation sites (tertiary alicyclic amines) is 1. The second-order valence-electron chi connectivity index (χ2n) is 9.19. The van der Waals surface area contributed by atoms with Crippen LogP contribution in [0.15, 0.2) is 48.5 Å². The first-order chi connectivity index (χ1) is 16.9. The lowest BCUT2D eigenvalue weighted by atomic mass is 9.96. The van der Waals surface area contributed by atoms with Crippen LogP contribution in [-0.4, -0.2) is 71.8 Å². The molecule has 2 heterocycles. The lowest BCUT2D eigenvalue weighted by Gasteiger charge is -2.27. The summed E-state index contributed by atoms with van der Waals surface area (Å²) in [6, 6.07) is 13.8. The van der Waals surface area contributed by atoms with Crippen LogP contribution in [0.2, 0.25) is 0 Å². The summed E-state index contributed by atoms with van der Waals surface area (Å²) in [5.74, 6) is 0.234. The number of ether oxygens (including phenoxy) is 2. The van der Waals surface area contributed by atoms with Gasteiger partial charge in [0.1, 0.15) is 18.9 Å². The largest absolute Gasteiger partial charge is 0.494 e. The molecule has 0 spiro atoms. The fourth-order valence-electron chi connectivity index (χ4n) is 4.37. The molecule has 0 bridgehead atoms. The first kappa shape index (κ1) is 24.9. The van der Waals surface area contributed by atoms with Gasteiger partial charge in [0.15, 0.2) is 11.6 Å². The average Bonchev–Trinajstić information content (AvgIpc) is 3.05. The summed E-state index contributed by atoms with van der Waals surface area (Å²) in [5.41, 5.74) is 0.176. The molecule has 4 rings (SSSR count). The molecular weight excluding hydrogens is 453 g/mol. The van der Waals surface area contributed by atoms with E-state index in [0.29, 0.717) is 32.4 Å². The van der Waals surface area contributed by atoms with Crippen molar-refractivity contribution in [2.45, 2.75) is 37.8 Å². The van der Waals surface area contributed by atoms with E-state index in [-0.39, 0.29) is 30.8 Å². The van der Waals surface area contributed by atoms with Gasteiger partial charge >= 0.3 is 6.03 Å². The van der Waals surface area contributed by atoms with Crippen LogP contribution in [-0.2, 0) is 11.3 Å². The summed E-state index contributed by atoms with van der Waals surface area (Å²) in [7, 11) is 0. The highest BCUT2D eigenvalue weighted by atomic mass is 19.1. The number of nitrogens with zero attached hydrogens (tertiary/aromatic N) is 2. The molecule has 0 aliphatic carbocycles. The lowest BCUT2D eigenvalue weighted by molar-refractivity contribution is -0.118. The van der Waals surface area contributed by atoms with E-state index >= 15 is 0 Å². The Kier molecular flexibility index (Phi) is 8.20. The smallest absolute Gasteiger partial charge is 0.324 e. The molecule has 2 aliphatic heterocycles. The highest BCUT2D eigenvalue weighted by Crippen LogP contribution is 2.26. The molecule has 35 heavy (non-hydrogen) atoms. The van der Waals surface area contributed by atoms with Crippen LogP contribution in [0.25, 0.3) is 0 Å². The van der Waals surface area contributed by atoms with Gasteiger partial charge < -0.3 is 19.5 Å². The molecular formula is C26H32FN3O5. The molecule has 2 aromatic rings. The van der Waals surface area contributed by atoms with Crippen molar-refractivity contribution in [1.29, 1.82) is 0 Å². The van der Waals surface area contributed by atoms with E-state index in [1.54, 1.807) is 18.2 Å². The Balaban J connectivity index is 1.18. The van der Waals surface area contributed by atoms with Crippen LogP contribution in [0.1, 0.15) is 31.2 Å². The molecule has 0 saturated carbocycles. The van der Waals surface area contributed by atoms with Gasteiger partial charge in [-0.1, -0.05) is 24.3 Å². The first-order valence-electron chi connectivity index (χ1n) is 12.0. The van der Waals surface area contributed by atoms with Crippen molar-refractivity contribution in [3.63, 3.8) is 0 Å². The van der Waals surface area contributed by atoms with E-state index in [1.165, 1.54) is 11.0 Å². The van der Waals surface area contributed by atoms with E-state index in [0.717, 1.165) is 37.4 Å². The van der Waals surface area contributed by atoms with E-state index in [1.807, 2.05) is 24.3 Å². The molecule has 188 valence electrons. The van der Waals surface area contributed by atoms with Gasteiger partial charge in [0.05, 0.1) is 12.2 Å². The summed E-state index contributed by atoms with van der Waals surface area (Å²) < 4.78 is 25.2. The maximum atomic E-state index is 13.8. The number of carbonyl (C=O) groups is 2. The number of hydrogen-bond acceptors (Lipinski definition) is 6. The fraction of sp³-hybridized carbons (Fsp3) is 0.462. The topological polar surface area (TPSA) is 91.3 Å². The third-order valence-corrected chi connectivity index (χ3v) is 6.38. The number of imide groups is 1. The van der Waals surface area contributed by atoms with Crippen LogP contribution in [0.5, 0.6) is 11.5 Å². The highest BCUT2D eigenvalue weighted by molar-refractivity contribution is 6.01. The van der Waals surface area contributed by atoms with Crippen LogP contribution in [0.4, 0.5) is 9.18 Å². The van der Waals surface area contributed by atoms with Gasteiger partial charge in [-0.25, -0.2) is 9.18 Å². The van der Waals surface area contributed by atoms with Crippen LogP contribution < -0.4 is 14.8 Å². The molecule has 2 fully saturated rings. The zero-order valence-corrected chi connectivity index (χ0v) is 19.7. The Morgan fingerprint density at radius 1 is 1.03 bits per heavy atom. The van der Waals surface area contributed by atoms with Crippen molar-refractivity contribution in [2.75, 3.05) is 39.4 Å². The number of para-hydroxylation sites is 1. The Morgan fingerprint density at radius 3 is 2.57 bits per heavy atom. The lowest BCUT2D eigenvalue weighted by Crippen LogP contribution is -2.37. The Labute approximate surface area is 204 Å². The minimum Gasteiger partial charge on any atom is -0.494 e. The molecule has 3 amide bonds. The molecule has 0 aromatic heterocycles. The van der Waals surface area contributed by atoms with E-state index in [2.05, 4.69) is 10.2 Å². The molecule has 8 nitrogen and oxygen atoms in total. The summed E-state index contributed by atoms with van der Waals surface area (Å²) in [5, 5.41) is 13.2. The van der Waals surface area contributed by atoms with Gasteiger partial charge in [0.2, 0.25) is 5.91 Å². The number of benzene rings is 2. The van der Waals surface area contributed by atoms with Crippen molar-refractivity contribution in [1.82, 2.24) is 15.1 Å². The maximum Gasteiger partial charge on any atom is 0.324 e. The van der Waals surface area contributed by atoms with Crippen LogP contribution in [0, 0.1) is 5.82 Å². The molecule has 2 aliphatic rings. The molecule has 2 saturated heterocycles. The standard InChI is InChI=1S/C26H32FN3O5/c27-22-5-1-2-6-23(22)35-19-26(33)11-3-13-29(15-12-26)17-20-7-9-21(10-8-20)34-16-4-14-30-18-24(31)28-25(30)32/h1-2,5-10,33H,3-4,11-19H2,(H,28,31,32). The Bertz CT molecular complexity index is 1020. The second kappa shape index (κ2) is 11.5. The Morgan fingerprint density at radius 2 is 1.83 bits per heavy atom. The molecule has 0 radical (unpaired) electrons. The van der Waals surface area contributed by atoms with Gasteiger partial charge in [-0.2, -0.15) is 0 Å². The number of aliphatic hydroxyl groups is 1. The van der Waals surface area contributed by atoms with E-state index < -0.39 is 11.4 Å². The van der Waals surface area contributed by atoms with E-state index in [9.17, 15) is 19.1 Å². The zero-order chi connectivity index (χ0) is 24.7. The maximum absolute atomic E-state index is 13.8.